The van der Waals surface area contributed by atoms with Gasteiger partial charge in [0.2, 0.25) is 0 Å². The van der Waals surface area contributed by atoms with Crippen LogP contribution in [0.15, 0.2) is 145 Å². The van der Waals surface area contributed by atoms with Gasteiger partial charge in [-0.1, -0.05) is 158 Å². The van der Waals surface area contributed by atoms with Crippen LogP contribution in [0, 0.1) is 11.8 Å². The maximum absolute atomic E-state index is 2.63. The average molecular weight is 469 g/mol. The van der Waals surface area contributed by atoms with E-state index in [0.29, 0.717) is 5.92 Å². The number of rotatable bonds is 6. The third-order valence-electron chi connectivity index (χ3n) is 7.88. The van der Waals surface area contributed by atoms with E-state index < -0.39 is 0 Å². The zero-order valence-electron chi connectivity index (χ0n) is 21.9. The van der Waals surface area contributed by atoms with E-state index >= 15 is 0 Å². The van der Waals surface area contributed by atoms with Crippen LogP contribution in [0.4, 0.5) is 0 Å². The summed E-state index contributed by atoms with van der Waals surface area (Å²) in [7, 11) is 0. The molecule has 0 aliphatic heterocycles. The largest absolute Gasteiger partial charge is 0.0800 e. The second kappa shape index (κ2) is 9.78. The predicted molar refractivity (Wildman–Crippen MR) is 153 cm³/mol. The van der Waals surface area contributed by atoms with Crippen LogP contribution in [-0.4, -0.2) is 0 Å². The minimum absolute atomic E-state index is 0.155. The Morgan fingerprint density at radius 2 is 0.944 bits per heavy atom. The quantitative estimate of drug-likeness (QED) is 0.247. The topological polar surface area (TPSA) is 0 Å². The van der Waals surface area contributed by atoms with Gasteiger partial charge in [0.25, 0.3) is 0 Å². The van der Waals surface area contributed by atoms with Crippen LogP contribution < -0.4 is 0 Å². The molecule has 1 unspecified atom stereocenters. The third-order valence-corrected chi connectivity index (χ3v) is 7.88. The molecule has 0 N–H and O–H groups in total. The highest BCUT2D eigenvalue weighted by atomic mass is 14.6. The second-order valence-electron chi connectivity index (χ2n) is 10.6. The molecule has 4 aromatic rings. The maximum atomic E-state index is 2.63. The highest BCUT2D eigenvalue weighted by Crippen LogP contribution is 2.63. The molecule has 0 heteroatoms. The fourth-order valence-corrected chi connectivity index (χ4v) is 6.56. The minimum atomic E-state index is -0.314. The average Bonchev–Trinajstić information content (AvgIpc) is 3.23. The van der Waals surface area contributed by atoms with Gasteiger partial charge in [-0.2, -0.15) is 0 Å². The first kappa shape index (κ1) is 24.1. The van der Waals surface area contributed by atoms with E-state index in [1.54, 1.807) is 0 Å². The van der Waals surface area contributed by atoms with E-state index in [1.165, 1.54) is 33.4 Å². The minimum Gasteiger partial charge on any atom is -0.0800 e. The third kappa shape index (κ3) is 3.77. The fourth-order valence-electron chi connectivity index (χ4n) is 6.56. The van der Waals surface area contributed by atoms with Gasteiger partial charge in [-0.05, 0) is 42.0 Å². The molecule has 1 aliphatic carbocycles. The highest BCUT2D eigenvalue weighted by molar-refractivity contribution is 5.64. The summed E-state index contributed by atoms with van der Waals surface area (Å²) in [5, 5.41) is 0. The molecule has 0 radical (unpaired) electrons. The summed E-state index contributed by atoms with van der Waals surface area (Å²) >= 11 is 0. The molecule has 0 saturated heterocycles. The van der Waals surface area contributed by atoms with Crippen molar-refractivity contribution in [3.63, 3.8) is 0 Å². The van der Waals surface area contributed by atoms with Gasteiger partial charge >= 0.3 is 0 Å². The zero-order chi connectivity index (χ0) is 25.2. The van der Waals surface area contributed by atoms with Crippen LogP contribution in [0.5, 0.6) is 0 Å². The molecule has 0 nitrogen and oxygen atoms in total. The summed E-state index contributed by atoms with van der Waals surface area (Å²) in [4.78, 5) is 0. The molecule has 0 saturated carbocycles. The zero-order valence-corrected chi connectivity index (χ0v) is 21.9. The Hall–Kier alpha value is -3.64. The lowest BCUT2D eigenvalue weighted by molar-refractivity contribution is 0.363. The van der Waals surface area contributed by atoms with Crippen LogP contribution in [-0.2, 0) is 10.8 Å². The molecule has 36 heavy (non-hydrogen) atoms. The molecular formula is C36H36. The van der Waals surface area contributed by atoms with Crippen molar-refractivity contribution in [3.05, 3.63) is 167 Å². The summed E-state index contributed by atoms with van der Waals surface area (Å²) in [6.45, 7) is 9.21. The van der Waals surface area contributed by atoms with Gasteiger partial charge in [0, 0.05) is 16.7 Å². The molecule has 0 amide bonds. The van der Waals surface area contributed by atoms with Crippen molar-refractivity contribution in [2.24, 2.45) is 11.8 Å². The molecule has 0 aromatic heterocycles. The van der Waals surface area contributed by atoms with Crippen LogP contribution in [0.25, 0.3) is 0 Å². The van der Waals surface area contributed by atoms with Crippen molar-refractivity contribution in [2.75, 3.05) is 0 Å². The molecule has 1 aliphatic rings. The van der Waals surface area contributed by atoms with Gasteiger partial charge in [0.1, 0.15) is 0 Å². The first-order valence-electron chi connectivity index (χ1n) is 13.1. The Kier molecular flexibility index (Phi) is 6.54. The lowest BCUT2D eigenvalue weighted by Crippen LogP contribution is -2.44. The van der Waals surface area contributed by atoms with Gasteiger partial charge in [0.15, 0.2) is 0 Å². The van der Waals surface area contributed by atoms with Crippen molar-refractivity contribution < 1.29 is 0 Å². The lowest BCUT2D eigenvalue weighted by atomic mass is 9.55. The molecule has 5 rings (SSSR count). The monoisotopic (exact) mass is 468 g/mol. The normalized spacial score (nSPS) is 18.0. The van der Waals surface area contributed by atoms with Crippen molar-refractivity contribution in [2.45, 2.75) is 38.5 Å². The van der Waals surface area contributed by atoms with Gasteiger partial charge in [-0.15, -0.1) is 0 Å². The molecule has 0 heterocycles. The molecule has 0 fully saturated rings. The molecule has 0 spiro atoms. The Bertz CT molecular complexity index is 1260. The van der Waals surface area contributed by atoms with Crippen molar-refractivity contribution in [3.8, 4) is 0 Å². The standard InChI is InChI=1S/C36H36/c1-27(2)25-34-35(29-17-9-5-10-18-29,30-19-11-6-12-20-30)26-33(28(3)4)36(34,31-21-13-7-14-22-31)32-23-15-8-16-24-32/h5-26,28,34H,1-4H3. The molecule has 1 atom stereocenters. The van der Waals surface area contributed by atoms with Crippen molar-refractivity contribution >= 4 is 0 Å². The van der Waals surface area contributed by atoms with Gasteiger partial charge in [0.05, 0.1) is 0 Å². The van der Waals surface area contributed by atoms with E-state index in [1.807, 2.05) is 0 Å². The number of benzene rings is 4. The van der Waals surface area contributed by atoms with E-state index in [-0.39, 0.29) is 16.7 Å². The van der Waals surface area contributed by atoms with Crippen molar-refractivity contribution in [1.82, 2.24) is 0 Å². The molecule has 0 bridgehead atoms. The number of hydrogen-bond acceptors (Lipinski definition) is 0. The van der Waals surface area contributed by atoms with E-state index in [4.69, 9.17) is 0 Å². The summed E-state index contributed by atoms with van der Waals surface area (Å²) in [5.74, 6) is 0.523. The second-order valence-corrected chi connectivity index (χ2v) is 10.6. The maximum Gasteiger partial charge on any atom is 0.0491 e. The van der Waals surface area contributed by atoms with Gasteiger partial charge in [-0.3, -0.25) is 0 Å². The Balaban J connectivity index is 1.99. The summed E-state index contributed by atoms with van der Waals surface area (Å²) in [6.07, 6.45) is 5.18. The first-order chi connectivity index (χ1) is 17.5. The summed E-state index contributed by atoms with van der Waals surface area (Å²) in [6, 6.07) is 44.7. The van der Waals surface area contributed by atoms with Gasteiger partial charge < -0.3 is 0 Å². The number of allylic oxidation sites excluding steroid dienone is 4. The van der Waals surface area contributed by atoms with Crippen LogP contribution in [0.3, 0.4) is 0 Å². The first-order valence-corrected chi connectivity index (χ1v) is 13.1. The van der Waals surface area contributed by atoms with E-state index in [0.717, 1.165) is 0 Å². The SMILES string of the molecule is CC(C)=CC1C(c2ccccc2)(c2ccccc2)C=C(C(C)C)C1(c1ccccc1)c1ccccc1. The van der Waals surface area contributed by atoms with Crippen molar-refractivity contribution in [1.29, 1.82) is 0 Å². The van der Waals surface area contributed by atoms with Crippen LogP contribution in [0.1, 0.15) is 49.9 Å². The Morgan fingerprint density at radius 3 is 1.28 bits per heavy atom. The predicted octanol–water partition coefficient (Wildman–Crippen LogP) is 9.14. The Labute approximate surface area is 217 Å². The summed E-state index contributed by atoms with van der Waals surface area (Å²) in [5.41, 5.74) is 7.59. The molecule has 180 valence electrons. The van der Waals surface area contributed by atoms with Crippen LogP contribution in [0.2, 0.25) is 0 Å². The van der Waals surface area contributed by atoms with Crippen LogP contribution >= 0.6 is 0 Å². The summed E-state index contributed by atoms with van der Waals surface area (Å²) < 4.78 is 0. The highest BCUT2D eigenvalue weighted by Gasteiger charge is 2.59. The number of hydrogen-bond donors (Lipinski definition) is 0. The Morgan fingerprint density at radius 1 is 0.583 bits per heavy atom. The lowest BCUT2D eigenvalue weighted by Gasteiger charge is -2.46. The molecular weight excluding hydrogens is 432 g/mol. The fraction of sp³-hybridized carbons (Fsp3) is 0.222. The van der Waals surface area contributed by atoms with E-state index in [2.05, 4.69) is 161 Å². The smallest absolute Gasteiger partial charge is 0.0491 e. The molecule has 4 aromatic carbocycles. The van der Waals surface area contributed by atoms with E-state index in [9.17, 15) is 0 Å². The van der Waals surface area contributed by atoms with Gasteiger partial charge in [-0.25, -0.2) is 0 Å².